The van der Waals surface area contributed by atoms with Crippen LogP contribution in [-0.2, 0) is 4.79 Å². The molecule has 1 saturated heterocycles. The number of nitriles is 1. The van der Waals surface area contributed by atoms with Gasteiger partial charge in [0.05, 0.1) is 0 Å². The van der Waals surface area contributed by atoms with Crippen LogP contribution in [0.1, 0.15) is 29.5 Å². The molecule has 0 radical (unpaired) electrons. The monoisotopic (exact) mass is 379 g/mol. The summed E-state index contributed by atoms with van der Waals surface area (Å²) in [6.45, 7) is 6.11. The van der Waals surface area contributed by atoms with Gasteiger partial charge in [-0.1, -0.05) is 23.7 Å². The molecular weight excluding hydrogens is 358 g/mol. The summed E-state index contributed by atoms with van der Waals surface area (Å²) in [5, 5.41) is 12.7. The van der Waals surface area contributed by atoms with Gasteiger partial charge in [0.15, 0.2) is 0 Å². The second-order valence-electron chi connectivity index (χ2n) is 6.82. The molecule has 1 N–H and O–H groups in total. The first-order valence-electron chi connectivity index (χ1n) is 9.03. The van der Waals surface area contributed by atoms with E-state index in [4.69, 9.17) is 11.6 Å². The number of halogens is 1. The lowest BCUT2D eigenvalue weighted by Gasteiger charge is -2.20. The molecule has 1 fully saturated rings. The van der Waals surface area contributed by atoms with Crippen LogP contribution < -0.4 is 10.2 Å². The van der Waals surface area contributed by atoms with Gasteiger partial charge in [0.2, 0.25) is 0 Å². The Hall–Kier alpha value is -2.77. The molecule has 3 rings (SSSR count). The van der Waals surface area contributed by atoms with Gasteiger partial charge in [-0.05, 0) is 73.7 Å². The highest BCUT2D eigenvalue weighted by Crippen LogP contribution is 2.26. The van der Waals surface area contributed by atoms with E-state index < -0.39 is 5.91 Å². The Morgan fingerprint density at radius 2 is 1.89 bits per heavy atom. The fraction of sp³-hybridized carbons (Fsp3) is 0.273. The van der Waals surface area contributed by atoms with Crippen molar-refractivity contribution < 1.29 is 4.79 Å². The molecule has 0 saturated carbocycles. The van der Waals surface area contributed by atoms with E-state index in [0.717, 1.165) is 29.8 Å². The Labute approximate surface area is 165 Å². The molecular formula is C22H22ClN3O. The summed E-state index contributed by atoms with van der Waals surface area (Å²) in [5.74, 6) is -0.441. The molecule has 138 valence electrons. The van der Waals surface area contributed by atoms with Crippen molar-refractivity contribution >= 4 is 35.0 Å². The maximum Gasteiger partial charge on any atom is 0.266 e. The highest BCUT2D eigenvalue weighted by atomic mass is 35.5. The van der Waals surface area contributed by atoms with Crippen molar-refractivity contribution in [1.29, 1.82) is 5.26 Å². The minimum atomic E-state index is -0.441. The molecule has 2 aromatic rings. The quantitative estimate of drug-likeness (QED) is 0.593. The first kappa shape index (κ1) is 19.0. The Bertz CT molecular complexity index is 937. The van der Waals surface area contributed by atoms with Crippen LogP contribution in [0.4, 0.5) is 11.4 Å². The molecule has 5 heteroatoms. The SMILES string of the molecule is Cc1ccc(Cl)cc1NC(=O)C(C#N)=Cc1ccc(N2CCCC2)c(C)c1. The Morgan fingerprint density at radius 3 is 2.56 bits per heavy atom. The van der Waals surface area contributed by atoms with Gasteiger partial charge in [-0.25, -0.2) is 0 Å². The third kappa shape index (κ3) is 4.50. The topological polar surface area (TPSA) is 56.1 Å². The van der Waals surface area contributed by atoms with E-state index in [2.05, 4.69) is 23.2 Å². The molecule has 0 bridgehead atoms. The zero-order chi connectivity index (χ0) is 19.4. The number of benzene rings is 2. The molecule has 0 atom stereocenters. The number of nitrogens with zero attached hydrogens (tertiary/aromatic N) is 2. The standard InChI is InChI=1S/C22H22ClN3O/c1-15-5-7-19(23)13-20(15)25-22(27)18(14-24)12-17-6-8-21(16(2)11-17)26-9-3-4-10-26/h5-8,11-13H,3-4,9-10H2,1-2H3,(H,25,27). The maximum absolute atomic E-state index is 12.5. The molecule has 0 aliphatic carbocycles. The molecule has 0 aromatic heterocycles. The fourth-order valence-corrected chi connectivity index (χ4v) is 3.49. The minimum absolute atomic E-state index is 0.0581. The molecule has 1 aliphatic rings. The summed E-state index contributed by atoms with van der Waals surface area (Å²) in [5.41, 5.74) is 4.76. The van der Waals surface area contributed by atoms with Crippen LogP contribution in [0.2, 0.25) is 5.02 Å². The lowest BCUT2D eigenvalue weighted by atomic mass is 10.1. The predicted molar refractivity (Wildman–Crippen MR) is 111 cm³/mol. The highest BCUT2D eigenvalue weighted by molar-refractivity contribution is 6.31. The number of nitrogens with one attached hydrogen (secondary N) is 1. The summed E-state index contributed by atoms with van der Waals surface area (Å²) < 4.78 is 0. The number of anilines is 2. The van der Waals surface area contributed by atoms with Crippen LogP contribution in [0.15, 0.2) is 42.0 Å². The summed E-state index contributed by atoms with van der Waals surface area (Å²) in [6, 6.07) is 13.3. The molecule has 1 heterocycles. The van der Waals surface area contributed by atoms with Gasteiger partial charge in [0, 0.05) is 29.5 Å². The lowest BCUT2D eigenvalue weighted by Crippen LogP contribution is -2.18. The van der Waals surface area contributed by atoms with Crippen molar-refractivity contribution in [2.75, 3.05) is 23.3 Å². The molecule has 27 heavy (non-hydrogen) atoms. The lowest BCUT2D eigenvalue weighted by molar-refractivity contribution is -0.112. The number of hydrogen-bond acceptors (Lipinski definition) is 3. The Balaban J connectivity index is 1.81. The number of carbonyl (C=O) groups is 1. The van der Waals surface area contributed by atoms with Gasteiger partial charge >= 0.3 is 0 Å². The van der Waals surface area contributed by atoms with Gasteiger partial charge < -0.3 is 10.2 Å². The molecule has 1 aliphatic heterocycles. The van der Waals surface area contributed by atoms with E-state index >= 15 is 0 Å². The van der Waals surface area contributed by atoms with E-state index in [-0.39, 0.29) is 5.57 Å². The normalized spacial score (nSPS) is 14.1. The Morgan fingerprint density at radius 1 is 1.15 bits per heavy atom. The summed E-state index contributed by atoms with van der Waals surface area (Å²) >= 11 is 5.99. The smallest absolute Gasteiger partial charge is 0.266 e. The first-order valence-corrected chi connectivity index (χ1v) is 9.40. The van der Waals surface area contributed by atoms with Crippen molar-refractivity contribution in [3.8, 4) is 6.07 Å². The van der Waals surface area contributed by atoms with Crippen LogP contribution in [0.5, 0.6) is 0 Å². The van der Waals surface area contributed by atoms with Crippen molar-refractivity contribution in [2.45, 2.75) is 26.7 Å². The van der Waals surface area contributed by atoms with Crippen molar-refractivity contribution in [2.24, 2.45) is 0 Å². The summed E-state index contributed by atoms with van der Waals surface area (Å²) in [4.78, 5) is 14.9. The number of amides is 1. The first-order chi connectivity index (χ1) is 13.0. The van der Waals surface area contributed by atoms with Crippen LogP contribution in [0.3, 0.4) is 0 Å². The zero-order valence-corrected chi connectivity index (χ0v) is 16.3. The zero-order valence-electron chi connectivity index (χ0n) is 15.6. The number of rotatable bonds is 4. The van der Waals surface area contributed by atoms with E-state index in [0.29, 0.717) is 10.7 Å². The molecule has 0 unspecified atom stereocenters. The van der Waals surface area contributed by atoms with Crippen LogP contribution in [-0.4, -0.2) is 19.0 Å². The van der Waals surface area contributed by atoms with Gasteiger partial charge in [0.1, 0.15) is 11.6 Å². The van der Waals surface area contributed by atoms with E-state index in [1.54, 1.807) is 18.2 Å². The Kier molecular flexibility index (Phi) is 5.83. The van der Waals surface area contributed by atoms with Crippen molar-refractivity contribution in [1.82, 2.24) is 0 Å². The van der Waals surface area contributed by atoms with E-state index in [1.165, 1.54) is 18.5 Å². The average Bonchev–Trinajstić information content (AvgIpc) is 3.17. The second kappa shape index (κ2) is 8.28. The minimum Gasteiger partial charge on any atom is -0.371 e. The number of aryl methyl sites for hydroxylation is 2. The van der Waals surface area contributed by atoms with E-state index in [9.17, 15) is 10.1 Å². The predicted octanol–water partition coefficient (Wildman–Crippen LogP) is 5.10. The molecule has 4 nitrogen and oxygen atoms in total. The average molecular weight is 380 g/mol. The van der Waals surface area contributed by atoms with Crippen molar-refractivity contribution in [3.05, 3.63) is 63.7 Å². The highest BCUT2D eigenvalue weighted by Gasteiger charge is 2.15. The van der Waals surface area contributed by atoms with Gasteiger partial charge in [-0.15, -0.1) is 0 Å². The number of carbonyl (C=O) groups excluding carboxylic acids is 1. The number of hydrogen-bond donors (Lipinski definition) is 1. The van der Waals surface area contributed by atoms with Gasteiger partial charge in [0.25, 0.3) is 5.91 Å². The van der Waals surface area contributed by atoms with Crippen LogP contribution in [0, 0.1) is 25.2 Å². The fourth-order valence-electron chi connectivity index (χ4n) is 3.32. The van der Waals surface area contributed by atoms with Crippen LogP contribution >= 0.6 is 11.6 Å². The maximum atomic E-state index is 12.5. The molecule has 1 amide bonds. The third-order valence-corrected chi connectivity index (χ3v) is 5.03. The van der Waals surface area contributed by atoms with Crippen molar-refractivity contribution in [3.63, 3.8) is 0 Å². The third-order valence-electron chi connectivity index (χ3n) is 4.79. The summed E-state index contributed by atoms with van der Waals surface area (Å²) in [6.07, 6.45) is 4.07. The summed E-state index contributed by atoms with van der Waals surface area (Å²) in [7, 11) is 0. The largest absolute Gasteiger partial charge is 0.371 e. The van der Waals surface area contributed by atoms with Crippen LogP contribution in [0.25, 0.3) is 6.08 Å². The van der Waals surface area contributed by atoms with Gasteiger partial charge in [-0.2, -0.15) is 5.26 Å². The molecule has 2 aromatic carbocycles. The van der Waals surface area contributed by atoms with E-state index in [1.807, 2.05) is 31.2 Å². The second-order valence-corrected chi connectivity index (χ2v) is 7.26. The molecule has 0 spiro atoms. The van der Waals surface area contributed by atoms with Gasteiger partial charge in [-0.3, -0.25) is 4.79 Å².